The number of benzene rings is 1. The van der Waals surface area contributed by atoms with E-state index in [4.69, 9.17) is 0 Å². The number of nitrogens with one attached hydrogen (secondary N) is 1. The summed E-state index contributed by atoms with van der Waals surface area (Å²) < 4.78 is 43.6. The summed E-state index contributed by atoms with van der Waals surface area (Å²) in [7, 11) is 2.09. The number of alkyl halides is 3. The maximum atomic E-state index is 14.5. The first-order valence-corrected chi connectivity index (χ1v) is 13.6. The molecular formula is C30H35F3N6O2. The third kappa shape index (κ3) is 6.37. The van der Waals surface area contributed by atoms with Crippen molar-refractivity contribution in [1.82, 2.24) is 29.7 Å². The topological polar surface area (TPSA) is 101 Å². The molecule has 0 saturated carbocycles. The van der Waals surface area contributed by atoms with Gasteiger partial charge in [0.15, 0.2) is 5.60 Å². The fraction of sp³-hybridized carbons (Fsp3) is 0.433. The van der Waals surface area contributed by atoms with Gasteiger partial charge in [0.1, 0.15) is 12.1 Å². The number of aromatic nitrogens is 4. The molecule has 3 aromatic heterocycles. The Labute approximate surface area is 236 Å². The molecule has 1 saturated heterocycles. The number of hydrogen-bond donors (Lipinski definition) is 3. The van der Waals surface area contributed by atoms with Crippen LogP contribution in [-0.2, 0) is 18.4 Å². The molecule has 4 aromatic rings. The van der Waals surface area contributed by atoms with Crippen LogP contribution in [-0.4, -0.2) is 85.0 Å². The van der Waals surface area contributed by atoms with Gasteiger partial charge in [0.25, 0.3) is 0 Å². The van der Waals surface area contributed by atoms with Crippen LogP contribution < -0.4 is 0 Å². The van der Waals surface area contributed by atoms with Crippen molar-refractivity contribution in [1.29, 1.82) is 0 Å². The number of pyridine rings is 1. The second-order valence-electron chi connectivity index (χ2n) is 11.7. The minimum atomic E-state index is -4.93. The Hall–Kier alpha value is -3.54. The molecule has 0 spiro atoms. The number of fused-ring (bicyclic) bond motifs is 1. The molecular weight excluding hydrogens is 533 g/mol. The normalized spacial score (nSPS) is 17.1. The number of aromatic hydroxyl groups is 1. The number of piperazine rings is 1. The van der Waals surface area contributed by atoms with Gasteiger partial charge in [-0.3, -0.25) is 4.90 Å². The molecule has 5 rings (SSSR count). The lowest BCUT2D eigenvalue weighted by molar-refractivity contribution is -0.266. The highest BCUT2D eigenvalue weighted by molar-refractivity contribution is 5.76. The fourth-order valence-corrected chi connectivity index (χ4v) is 5.64. The van der Waals surface area contributed by atoms with Crippen LogP contribution in [0.2, 0.25) is 0 Å². The van der Waals surface area contributed by atoms with Gasteiger partial charge in [-0.15, -0.1) is 0 Å². The molecule has 3 N–H and O–H groups in total. The number of aliphatic hydroxyl groups is 1. The van der Waals surface area contributed by atoms with Crippen molar-refractivity contribution in [2.45, 2.75) is 50.4 Å². The van der Waals surface area contributed by atoms with Crippen LogP contribution in [0, 0.1) is 0 Å². The number of phenolic OH excluding ortho intramolecular Hbond substituents is 1. The van der Waals surface area contributed by atoms with E-state index < -0.39 is 30.0 Å². The van der Waals surface area contributed by atoms with Gasteiger partial charge in [0, 0.05) is 68.4 Å². The van der Waals surface area contributed by atoms with E-state index >= 15 is 0 Å². The Morgan fingerprint density at radius 2 is 1.66 bits per heavy atom. The average Bonchev–Trinajstić information content (AvgIpc) is 3.31. The minimum Gasteiger partial charge on any atom is -0.508 e. The zero-order valence-corrected chi connectivity index (χ0v) is 23.4. The van der Waals surface area contributed by atoms with Gasteiger partial charge in [-0.05, 0) is 54.8 Å². The number of aromatic amines is 1. The molecule has 1 fully saturated rings. The number of H-pyrrole nitrogens is 1. The summed E-state index contributed by atoms with van der Waals surface area (Å²) in [4.78, 5) is 20.3. The van der Waals surface area contributed by atoms with E-state index in [1.54, 1.807) is 44.4 Å². The van der Waals surface area contributed by atoms with Crippen LogP contribution in [0.25, 0.3) is 22.2 Å². The molecule has 0 aliphatic carbocycles. The van der Waals surface area contributed by atoms with Crippen LogP contribution in [0.4, 0.5) is 13.2 Å². The first-order chi connectivity index (χ1) is 19.3. The van der Waals surface area contributed by atoms with Crippen LogP contribution >= 0.6 is 0 Å². The van der Waals surface area contributed by atoms with E-state index in [9.17, 15) is 23.4 Å². The van der Waals surface area contributed by atoms with E-state index in [2.05, 4.69) is 36.8 Å². The number of hydrogen-bond acceptors (Lipinski definition) is 7. The Morgan fingerprint density at radius 3 is 2.34 bits per heavy atom. The Bertz CT molecular complexity index is 1500. The number of rotatable bonds is 8. The maximum Gasteiger partial charge on any atom is 0.417 e. The van der Waals surface area contributed by atoms with Gasteiger partial charge in [-0.2, -0.15) is 13.2 Å². The van der Waals surface area contributed by atoms with Crippen LogP contribution in [0.3, 0.4) is 0 Å². The quantitative estimate of drug-likeness (QED) is 0.284. The van der Waals surface area contributed by atoms with Crippen molar-refractivity contribution in [3.05, 3.63) is 72.1 Å². The summed E-state index contributed by atoms with van der Waals surface area (Å²) in [5.41, 5.74) is -0.471. The molecule has 4 heterocycles. The maximum absolute atomic E-state index is 14.5. The summed E-state index contributed by atoms with van der Waals surface area (Å²) in [5.74, 6) is -0.150. The smallest absolute Gasteiger partial charge is 0.417 e. The van der Waals surface area contributed by atoms with E-state index in [-0.39, 0.29) is 17.0 Å². The Kier molecular flexibility index (Phi) is 7.80. The molecule has 1 aliphatic heterocycles. The highest BCUT2D eigenvalue weighted by Crippen LogP contribution is 2.45. The molecule has 1 aliphatic rings. The summed E-state index contributed by atoms with van der Waals surface area (Å²) >= 11 is 0. The first kappa shape index (κ1) is 29.0. The number of likely N-dealkylation sites (N-methyl/N-ethyl adjacent to an activating group) is 1. The van der Waals surface area contributed by atoms with E-state index in [1.165, 1.54) is 12.4 Å². The largest absolute Gasteiger partial charge is 0.508 e. The lowest BCUT2D eigenvalue weighted by Crippen LogP contribution is -2.50. The van der Waals surface area contributed by atoms with Gasteiger partial charge in [0.2, 0.25) is 0 Å². The van der Waals surface area contributed by atoms with Crippen molar-refractivity contribution in [2.75, 3.05) is 33.2 Å². The van der Waals surface area contributed by atoms with Gasteiger partial charge in [-0.25, -0.2) is 15.0 Å². The minimum absolute atomic E-state index is 0.150. The summed E-state index contributed by atoms with van der Waals surface area (Å²) in [6.45, 7) is 7.66. The van der Waals surface area contributed by atoms with Gasteiger partial charge < -0.3 is 20.1 Å². The van der Waals surface area contributed by atoms with Gasteiger partial charge in [-0.1, -0.05) is 19.9 Å². The predicted octanol–water partition coefficient (Wildman–Crippen LogP) is 4.68. The van der Waals surface area contributed by atoms with Crippen molar-refractivity contribution in [2.24, 2.45) is 0 Å². The molecule has 1 atom stereocenters. The Morgan fingerprint density at radius 1 is 0.951 bits per heavy atom. The van der Waals surface area contributed by atoms with Crippen LogP contribution in [0.5, 0.6) is 5.75 Å². The molecule has 0 amide bonds. The third-order valence-electron chi connectivity index (χ3n) is 7.93. The zero-order valence-electron chi connectivity index (χ0n) is 23.4. The molecule has 11 heteroatoms. The molecule has 1 aromatic carbocycles. The lowest BCUT2D eigenvalue weighted by Gasteiger charge is -2.38. The zero-order chi connectivity index (χ0) is 29.4. The second kappa shape index (κ2) is 11.0. The molecule has 218 valence electrons. The van der Waals surface area contributed by atoms with E-state index in [0.29, 0.717) is 28.7 Å². The summed E-state index contributed by atoms with van der Waals surface area (Å²) in [6.07, 6.45) is -1.74. The Balaban J connectivity index is 1.39. The molecule has 41 heavy (non-hydrogen) atoms. The van der Waals surface area contributed by atoms with Crippen molar-refractivity contribution < 1.29 is 23.4 Å². The van der Waals surface area contributed by atoms with Crippen molar-refractivity contribution in [3.63, 3.8) is 0 Å². The fourth-order valence-electron chi connectivity index (χ4n) is 5.64. The van der Waals surface area contributed by atoms with Crippen molar-refractivity contribution in [3.8, 4) is 16.9 Å². The standard InChI is InChI=1S/C30H35F3N6O2/c1-28(2,24-12-20(4-7-27(24)40)21-15-34-19-35-16-21)18-29(41,30(31,32)33)14-23-13-26-25(37-23)6-5-22(36-26)17-39-10-8-38(3)9-11-39/h4-7,12-13,15-16,19,37,40-41H,8-11,14,17-18H2,1-3H3. The van der Waals surface area contributed by atoms with Crippen molar-refractivity contribution >= 4 is 11.0 Å². The molecule has 0 radical (unpaired) electrons. The van der Waals surface area contributed by atoms with E-state index in [0.717, 1.165) is 31.9 Å². The first-order valence-electron chi connectivity index (χ1n) is 13.6. The van der Waals surface area contributed by atoms with Gasteiger partial charge in [0.05, 0.1) is 16.7 Å². The summed E-state index contributed by atoms with van der Waals surface area (Å²) in [6, 6.07) is 10.0. The van der Waals surface area contributed by atoms with Crippen LogP contribution in [0.1, 0.15) is 37.2 Å². The number of phenols is 1. The SMILES string of the molecule is CN1CCN(Cc2ccc3[nH]c(CC(O)(CC(C)(C)c4cc(-c5cncnc5)ccc4O)C(F)(F)F)cc3n2)CC1. The molecule has 1 unspecified atom stereocenters. The predicted molar refractivity (Wildman–Crippen MR) is 150 cm³/mol. The average molecular weight is 569 g/mol. The van der Waals surface area contributed by atoms with Crippen LogP contribution in [0.15, 0.2) is 55.1 Å². The highest BCUT2D eigenvalue weighted by atomic mass is 19.4. The number of halogens is 3. The van der Waals surface area contributed by atoms with E-state index in [1.807, 2.05) is 12.1 Å². The lowest BCUT2D eigenvalue weighted by atomic mass is 9.72. The summed E-state index contributed by atoms with van der Waals surface area (Å²) in [5, 5.41) is 21.9. The monoisotopic (exact) mass is 568 g/mol. The highest BCUT2D eigenvalue weighted by Gasteiger charge is 2.56. The molecule has 8 nitrogen and oxygen atoms in total. The van der Waals surface area contributed by atoms with Gasteiger partial charge >= 0.3 is 6.18 Å². The number of nitrogens with zero attached hydrogens (tertiary/aromatic N) is 5. The molecule has 0 bridgehead atoms. The second-order valence-corrected chi connectivity index (χ2v) is 11.7. The third-order valence-corrected chi connectivity index (χ3v) is 7.93.